The molecule has 0 amide bonds. The van der Waals surface area contributed by atoms with E-state index in [2.05, 4.69) is 44.2 Å². The van der Waals surface area contributed by atoms with Crippen molar-refractivity contribution in [3.05, 3.63) is 35.4 Å². The standard InChI is InChI=1S/C15H19N/c1-12-7-9-15(11-16,10-8-12)14-6-4-3-5-13(14)2/h3-6,12H,7-10H2,1-2H3. The van der Waals surface area contributed by atoms with Gasteiger partial charge < -0.3 is 0 Å². The highest BCUT2D eigenvalue weighted by Crippen LogP contribution is 2.42. The lowest BCUT2D eigenvalue weighted by molar-refractivity contribution is 0.294. The molecule has 0 aromatic heterocycles. The van der Waals surface area contributed by atoms with E-state index in [1.807, 2.05) is 0 Å². The van der Waals surface area contributed by atoms with Crippen molar-refractivity contribution in [2.24, 2.45) is 5.92 Å². The summed E-state index contributed by atoms with van der Waals surface area (Å²) in [6, 6.07) is 11.0. The smallest absolute Gasteiger partial charge is 0.0825 e. The summed E-state index contributed by atoms with van der Waals surface area (Å²) >= 11 is 0. The van der Waals surface area contributed by atoms with Gasteiger partial charge in [-0.1, -0.05) is 31.2 Å². The molecule has 1 aromatic carbocycles. The third kappa shape index (κ3) is 1.85. The Balaban J connectivity index is 2.37. The summed E-state index contributed by atoms with van der Waals surface area (Å²) in [5.74, 6) is 0.783. The predicted molar refractivity (Wildman–Crippen MR) is 66.1 cm³/mol. The van der Waals surface area contributed by atoms with E-state index in [-0.39, 0.29) is 5.41 Å². The monoisotopic (exact) mass is 213 g/mol. The van der Waals surface area contributed by atoms with E-state index in [0.717, 1.165) is 18.8 Å². The lowest BCUT2D eigenvalue weighted by atomic mass is 9.67. The molecule has 0 unspecified atom stereocenters. The van der Waals surface area contributed by atoms with Crippen molar-refractivity contribution < 1.29 is 0 Å². The number of nitrogens with zero attached hydrogens (tertiary/aromatic N) is 1. The fourth-order valence-corrected chi connectivity index (χ4v) is 2.81. The van der Waals surface area contributed by atoms with E-state index in [1.54, 1.807) is 0 Å². The zero-order chi connectivity index (χ0) is 11.6. The maximum Gasteiger partial charge on any atom is 0.0825 e. The van der Waals surface area contributed by atoms with Crippen LogP contribution in [0.1, 0.15) is 43.7 Å². The van der Waals surface area contributed by atoms with Crippen molar-refractivity contribution in [1.82, 2.24) is 0 Å². The Morgan fingerprint density at radius 2 is 1.88 bits per heavy atom. The van der Waals surface area contributed by atoms with Crippen LogP contribution in [0.15, 0.2) is 24.3 Å². The first-order valence-electron chi connectivity index (χ1n) is 6.15. The van der Waals surface area contributed by atoms with Crippen LogP contribution < -0.4 is 0 Å². The molecule has 1 nitrogen and oxygen atoms in total. The van der Waals surface area contributed by atoms with E-state index in [4.69, 9.17) is 0 Å². The van der Waals surface area contributed by atoms with Gasteiger partial charge in [-0.3, -0.25) is 0 Å². The Morgan fingerprint density at radius 3 is 2.44 bits per heavy atom. The number of benzene rings is 1. The van der Waals surface area contributed by atoms with E-state index in [0.29, 0.717) is 0 Å². The Bertz CT molecular complexity index is 406. The van der Waals surface area contributed by atoms with Crippen LogP contribution in [0.2, 0.25) is 0 Å². The predicted octanol–water partition coefficient (Wildman–Crippen LogP) is 3.97. The fourth-order valence-electron chi connectivity index (χ4n) is 2.81. The molecule has 2 rings (SSSR count). The van der Waals surface area contributed by atoms with Gasteiger partial charge in [0.05, 0.1) is 11.5 Å². The van der Waals surface area contributed by atoms with Crippen LogP contribution in [0.3, 0.4) is 0 Å². The molecule has 0 aliphatic heterocycles. The van der Waals surface area contributed by atoms with Gasteiger partial charge in [-0.05, 0) is 49.7 Å². The normalized spacial score (nSPS) is 29.7. The van der Waals surface area contributed by atoms with Gasteiger partial charge in [0.2, 0.25) is 0 Å². The first-order valence-corrected chi connectivity index (χ1v) is 6.15. The highest BCUT2D eigenvalue weighted by atomic mass is 14.4. The maximum atomic E-state index is 9.56. The van der Waals surface area contributed by atoms with Crippen LogP contribution in [-0.2, 0) is 5.41 Å². The van der Waals surface area contributed by atoms with E-state index >= 15 is 0 Å². The summed E-state index contributed by atoms with van der Waals surface area (Å²) in [7, 11) is 0. The molecule has 1 aliphatic carbocycles. The van der Waals surface area contributed by atoms with E-state index < -0.39 is 0 Å². The molecule has 16 heavy (non-hydrogen) atoms. The summed E-state index contributed by atoms with van der Waals surface area (Å²) in [6.07, 6.45) is 4.41. The quantitative estimate of drug-likeness (QED) is 0.692. The minimum Gasteiger partial charge on any atom is -0.197 e. The summed E-state index contributed by atoms with van der Waals surface area (Å²) in [5.41, 5.74) is 2.31. The lowest BCUT2D eigenvalue weighted by Crippen LogP contribution is -2.30. The molecular formula is C15H19N. The van der Waals surface area contributed by atoms with Crippen LogP contribution in [0.5, 0.6) is 0 Å². The topological polar surface area (TPSA) is 23.8 Å². The minimum atomic E-state index is -0.210. The SMILES string of the molecule is Cc1ccccc1C1(C#N)CCC(C)CC1. The van der Waals surface area contributed by atoms with Crippen molar-refractivity contribution in [2.75, 3.05) is 0 Å². The Morgan fingerprint density at radius 1 is 1.25 bits per heavy atom. The van der Waals surface area contributed by atoms with Crippen LogP contribution >= 0.6 is 0 Å². The molecule has 0 saturated heterocycles. The summed E-state index contributed by atoms with van der Waals surface area (Å²) in [4.78, 5) is 0. The first-order chi connectivity index (χ1) is 7.68. The molecule has 0 atom stereocenters. The Labute approximate surface area is 98.1 Å². The van der Waals surface area contributed by atoms with Gasteiger partial charge >= 0.3 is 0 Å². The van der Waals surface area contributed by atoms with Gasteiger partial charge in [-0.25, -0.2) is 0 Å². The molecule has 1 aliphatic rings. The Kier molecular flexibility index (Phi) is 3.01. The molecule has 0 radical (unpaired) electrons. The van der Waals surface area contributed by atoms with Crippen molar-refractivity contribution in [3.63, 3.8) is 0 Å². The molecule has 0 bridgehead atoms. The third-order valence-corrected chi connectivity index (χ3v) is 4.00. The summed E-state index contributed by atoms with van der Waals surface area (Å²) < 4.78 is 0. The van der Waals surface area contributed by atoms with Gasteiger partial charge in [0.25, 0.3) is 0 Å². The van der Waals surface area contributed by atoms with Crippen LogP contribution in [-0.4, -0.2) is 0 Å². The number of hydrogen-bond donors (Lipinski definition) is 0. The molecule has 1 heteroatoms. The fraction of sp³-hybridized carbons (Fsp3) is 0.533. The second kappa shape index (κ2) is 4.29. The van der Waals surface area contributed by atoms with Gasteiger partial charge in [0.15, 0.2) is 0 Å². The van der Waals surface area contributed by atoms with Crippen molar-refractivity contribution in [2.45, 2.75) is 44.9 Å². The average Bonchev–Trinajstić information content (AvgIpc) is 2.32. The average molecular weight is 213 g/mol. The van der Waals surface area contributed by atoms with E-state index in [1.165, 1.54) is 24.0 Å². The molecule has 84 valence electrons. The van der Waals surface area contributed by atoms with E-state index in [9.17, 15) is 5.26 Å². The van der Waals surface area contributed by atoms with Crippen molar-refractivity contribution in [1.29, 1.82) is 5.26 Å². The summed E-state index contributed by atoms with van der Waals surface area (Å²) in [5, 5.41) is 9.56. The number of nitriles is 1. The zero-order valence-electron chi connectivity index (χ0n) is 10.2. The second-order valence-electron chi connectivity index (χ2n) is 5.19. The second-order valence-corrected chi connectivity index (χ2v) is 5.19. The maximum absolute atomic E-state index is 9.56. The molecule has 0 spiro atoms. The molecule has 0 heterocycles. The highest BCUT2D eigenvalue weighted by molar-refractivity contribution is 5.38. The largest absolute Gasteiger partial charge is 0.197 e. The molecule has 1 fully saturated rings. The first kappa shape index (κ1) is 11.2. The van der Waals surface area contributed by atoms with Crippen LogP contribution in [0, 0.1) is 24.2 Å². The number of hydrogen-bond acceptors (Lipinski definition) is 1. The van der Waals surface area contributed by atoms with Crippen LogP contribution in [0.25, 0.3) is 0 Å². The molecule has 1 aromatic rings. The van der Waals surface area contributed by atoms with Crippen molar-refractivity contribution in [3.8, 4) is 6.07 Å². The third-order valence-electron chi connectivity index (χ3n) is 4.00. The van der Waals surface area contributed by atoms with Crippen LogP contribution in [0.4, 0.5) is 0 Å². The number of aryl methyl sites for hydroxylation is 1. The molecule has 1 saturated carbocycles. The Hall–Kier alpha value is -1.29. The zero-order valence-corrected chi connectivity index (χ0v) is 10.2. The van der Waals surface area contributed by atoms with Gasteiger partial charge in [-0.2, -0.15) is 5.26 Å². The van der Waals surface area contributed by atoms with Gasteiger partial charge in [0, 0.05) is 0 Å². The van der Waals surface area contributed by atoms with Gasteiger partial charge in [0.1, 0.15) is 0 Å². The molecule has 0 N–H and O–H groups in total. The molecular weight excluding hydrogens is 194 g/mol. The van der Waals surface area contributed by atoms with Crippen molar-refractivity contribution >= 4 is 0 Å². The number of rotatable bonds is 1. The minimum absolute atomic E-state index is 0.210. The van der Waals surface area contributed by atoms with Gasteiger partial charge in [-0.15, -0.1) is 0 Å². The summed E-state index contributed by atoms with van der Waals surface area (Å²) in [6.45, 7) is 4.41. The lowest BCUT2D eigenvalue weighted by Gasteiger charge is -2.35. The highest BCUT2D eigenvalue weighted by Gasteiger charge is 2.36.